The zero-order valence-corrected chi connectivity index (χ0v) is 16.2. The van der Waals surface area contributed by atoms with E-state index in [9.17, 15) is 4.79 Å². The van der Waals surface area contributed by atoms with Crippen LogP contribution < -0.4 is 20.1 Å². The molecule has 0 atom stereocenters. The minimum absolute atomic E-state index is 0.0138. The van der Waals surface area contributed by atoms with Crippen LogP contribution in [0.25, 0.3) is 0 Å². The first-order valence-corrected chi connectivity index (χ1v) is 8.74. The van der Waals surface area contributed by atoms with Crippen LogP contribution >= 0.6 is 0 Å². The Kier molecular flexibility index (Phi) is 7.04. The summed E-state index contributed by atoms with van der Waals surface area (Å²) >= 11 is 0. The average Bonchev–Trinajstić information content (AvgIpc) is 2.61. The van der Waals surface area contributed by atoms with E-state index in [-0.39, 0.29) is 5.91 Å². The molecular weight excluding hydrogens is 328 g/mol. The molecule has 0 aromatic heterocycles. The molecular formula is C21H28N2O3. The number of anilines is 1. The third-order valence-electron chi connectivity index (χ3n) is 4.25. The number of amides is 1. The lowest BCUT2D eigenvalue weighted by Gasteiger charge is -2.13. The Morgan fingerprint density at radius 2 is 1.62 bits per heavy atom. The highest BCUT2D eigenvalue weighted by Crippen LogP contribution is 2.27. The van der Waals surface area contributed by atoms with E-state index in [1.165, 1.54) is 5.56 Å². The van der Waals surface area contributed by atoms with Gasteiger partial charge in [0.1, 0.15) is 0 Å². The Morgan fingerprint density at radius 3 is 2.23 bits per heavy atom. The van der Waals surface area contributed by atoms with Crippen molar-refractivity contribution in [1.82, 2.24) is 5.32 Å². The molecule has 0 unspecified atom stereocenters. The molecule has 2 N–H and O–H groups in total. The third kappa shape index (κ3) is 5.23. The molecule has 5 nitrogen and oxygen atoms in total. The van der Waals surface area contributed by atoms with Crippen LogP contribution in [-0.4, -0.2) is 26.7 Å². The summed E-state index contributed by atoms with van der Waals surface area (Å²) in [5.74, 6) is 1.43. The van der Waals surface area contributed by atoms with E-state index in [1.807, 2.05) is 32.0 Å². The lowest BCUT2D eigenvalue weighted by Crippen LogP contribution is -2.22. The van der Waals surface area contributed by atoms with E-state index in [1.54, 1.807) is 14.2 Å². The number of carbonyl (C=O) groups is 1. The first kappa shape index (κ1) is 19.8. The van der Waals surface area contributed by atoms with Gasteiger partial charge in [0.2, 0.25) is 5.91 Å². The number of nitrogens with one attached hydrogen (secondary N) is 2. The number of methoxy groups -OCH3 is 2. The summed E-state index contributed by atoms with van der Waals surface area (Å²) in [6.07, 6.45) is 0.417. The monoisotopic (exact) mass is 356 g/mol. The van der Waals surface area contributed by atoms with Crippen molar-refractivity contribution >= 4 is 11.6 Å². The molecule has 0 saturated carbocycles. The topological polar surface area (TPSA) is 59.6 Å². The van der Waals surface area contributed by atoms with Gasteiger partial charge in [0.25, 0.3) is 0 Å². The number of benzene rings is 2. The van der Waals surface area contributed by atoms with Crippen LogP contribution in [0, 0.1) is 20.8 Å². The molecule has 2 aromatic rings. The van der Waals surface area contributed by atoms with Crippen molar-refractivity contribution in [3.8, 4) is 11.5 Å². The first-order valence-electron chi connectivity index (χ1n) is 8.74. The molecule has 0 fully saturated rings. The van der Waals surface area contributed by atoms with Gasteiger partial charge in [-0.1, -0.05) is 23.8 Å². The largest absolute Gasteiger partial charge is 0.493 e. The van der Waals surface area contributed by atoms with E-state index >= 15 is 0 Å². The fourth-order valence-corrected chi connectivity index (χ4v) is 3.00. The van der Waals surface area contributed by atoms with E-state index in [0.717, 1.165) is 22.4 Å². The van der Waals surface area contributed by atoms with Gasteiger partial charge >= 0.3 is 0 Å². The standard InChI is InChI=1S/C21H28N2O3/c1-14-10-15(2)21(16(3)11-14)23-20(24)8-9-22-13-17-6-7-18(25-4)19(12-17)26-5/h6-7,10-12,22H,8-9,13H2,1-5H3,(H,23,24). The number of rotatable bonds is 8. The molecule has 140 valence electrons. The van der Waals surface area contributed by atoms with Crippen molar-refractivity contribution in [1.29, 1.82) is 0 Å². The number of hydrogen-bond donors (Lipinski definition) is 2. The molecule has 0 bridgehead atoms. The molecule has 0 radical (unpaired) electrons. The van der Waals surface area contributed by atoms with Crippen molar-refractivity contribution in [2.45, 2.75) is 33.7 Å². The number of hydrogen-bond acceptors (Lipinski definition) is 4. The molecule has 2 rings (SSSR count). The SMILES string of the molecule is COc1ccc(CNCCC(=O)Nc2c(C)cc(C)cc2C)cc1OC. The molecule has 0 aliphatic rings. The van der Waals surface area contributed by atoms with Crippen molar-refractivity contribution in [2.24, 2.45) is 0 Å². The minimum Gasteiger partial charge on any atom is -0.493 e. The second kappa shape index (κ2) is 9.25. The highest BCUT2D eigenvalue weighted by atomic mass is 16.5. The van der Waals surface area contributed by atoms with Gasteiger partial charge in [0, 0.05) is 25.2 Å². The van der Waals surface area contributed by atoms with Crippen molar-refractivity contribution in [3.05, 3.63) is 52.6 Å². The van der Waals surface area contributed by atoms with Gasteiger partial charge in [-0.25, -0.2) is 0 Å². The predicted octanol–water partition coefficient (Wildman–Crippen LogP) is 3.75. The predicted molar refractivity (Wildman–Crippen MR) is 105 cm³/mol. The molecule has 0 saturated heterocycles. The van der Waals surface area contributed by atoms with Gasteiger partial charge in [0.15, 0.2) is 11.5 Å². The molecule has 5 heteroatoms. The van der Waals surface area contributed by atoms with Gasteiger partial charge in [-0.05, 0) is 49.6 Å². The zero-order valence-electron chi connectivity index (χ0n) is 16.2. The normalized spacial score (nSPS) is 10.5. The van der Waals surface area contributed by atoms with E-state index in [4.69, 9.17) is 9.47 Å². The van der Waals surface area contributed by atoms with Gasteiger partial charge in [0.05, 0.1) is 14.2 Å². The molecule has 0 heterocycles. The van der Waals surface area contributed by atoms with Crippen LogP contribution in [-0.2, 0) is 11.3 Å². The lowest BCUT2D eigenvalue weighted by molar-refractivity contribution is -0.116. The Hall–Kier alpha value is -2.53. The van der Waals surface area contributed by atoms with E-state index < -0.39 is 0 Å². The lowest BCUT2D eigenvalue weighted by atomic mass is 10.1. The second-order valence-corrected chi connectivity index (χ2v) is 6.44. The Morgan fingerprint density at radius 1 is 0.962 bits per heavy atom. The summed E-state index contributed by atoms with van der Waals surface area (Å²) in [4.78, 5) is 12.2. The van der Waals surface area contributed by atoms with E-state index in [0.29, 0.717) is 31.0 Å². The third-order valence-corrected chi connectivity index (χ3v) is 4.25. The zero-order chi connectivity index (χ0) is 19.1. The summed E-state index contributed by atoms with van der Waals surface area (Å²) in [6, 6.07) is 9.96. The van der Waals surface area contributed by atoms with Crippen LogP contribution in [0.3, 0.4) is 0 Å². The maximum Gasteiger partial charge on any atom is 0.225 e. The fourth-order valence-electron chi connectivity index (χ4n) is 3.00. The van der Waals surface area contributed by atoms with Crippen molar-refractivity contribution in [2.75, 3.05) is 26.1 Å². The molecule has 26 heavy (non-hydrogen) atoms. The summed E-state index contributed by atoms with van der Waals surface area (Å²) < 4.78 is 10.5. The van der Waals surface area contributed by atoms with Crippen LogP contribution in [0.5, 0.6) is 11.5 Å². The smallest absolute Gasteiger partial charge is 0.225 e. The summed E-state index contributed by atoms with van der Waals surface area (Å²) in [5.41, 5.74) is 5.38. The molecule has 0 aliphatic heterocycles. The van der Waals surface area contributed by atoms with E-state index in [2.05, 4.69) is 29.7 Å². The Balaban J connectivity index is 1.82. The maximum absolute atomic E-state index is 12.2. The first-order chi connectivity index (χ1) is 12.4. The van der Waals surface area contributed by atoms with Crippen LogP contribution in [0.2, 0.25) is 0 Å². The Bertz CT molecular complexity index is 749. The van der Waals surface area contributed by atoms with Gasteiger partial charge < -0.3 is 20.1 Å². The minimum atomic E-state index is 0.0138. The van der Waals surface area contributed by atoms with Crippen LogP contribution in [0.15, 0.2) is 30.3 Å². The van der Waals surface area contributed by atoms with Crippen molar-refractivity contribution in [3.63, 3.8) is 0 Å². The quantitative estimate of drug-likeness (QED) is 0.707. The second-order valence-electron chi connectivity index (χ2n) is 6.44. The van der Waals surface area contributed by atoms with Gasteiger partial charge in [-0.3, -0.25) is 4.79 Å². The van der Waals surface area contributed by atoms with Gasteiger partial charge in [-0.2, -0.15) is 0 Å². The van der Waals surface area contributed by atoms with Crippen LogP contribution in [0.1, 0.15) is 28.7 Å². The van der Waals surface area contributed by atoms with Crippen molar-refractivity contribution < 1.29 is 14.3 Å². The van der Waals surface area contributed by atoms with Crippen LogP contribution in [0.4, 0.5) is 5.69 Å². The summed E-state index contributed by atoms with van der Waals surface area (Å²) in [6.45, 7) is 7.36. The molecule has 1 amide bonds. The highest BCUT2D eigenvalue weighted by molar-refractivity contribution is 5.92. The highest BCUT2D eigenvalue weighted by Gasteiger charge is 2.08. The average molecular weight is 356 g/mol. The van der Waals surface area contributed by atoms with Gasteiger partial charge in [-0.15, -0.1) is 0 Å². The fraction of sp³-hybridized carbons (Fsp3) is 0.381. The summed E-state index contributed by atoms with van der Waals surface area (Å²) in [5, 5.41) is 6.31. The number of carbonyl (C=O) groups excluding carboxylic acids is 1. The maximum atomic E-state index is 12.2. The number of aryl methyl sites for hydroxylation is 3. The number of ether oxygens (including phenoxy) is 2. The molecule has 0 aliphatic carbocycles. The molecule has 0 spiro atoms. The Labute approximate surface area is 155 Å². The summed E-state index contributed by atoms with van der Waals surface area (Å²) in [7, 11) is 3.24. The molecule has 2 aromatic carbocycles.